The SMILES string of the molecule is Cc1cccc(N2C(=O)c3oc4ccc(Cl)cc4c(=O)c3[C@H]2c2ccccc2F)n1. The molecule has 0 unspecified atom stereocenters. The van der Waals surface area contributed by atoms with E-state index in [2.05, 4.69) is 4.98 Å². The second-order valence-electron chi connectivity index (χ2n) is 7.05. The molecule has 0 saturated heterocycles. The van der Waals surface area contributed by atoms with Gasteiger partial charge in [0.1, 0.15) is 17.2 Å². The van der Waals surface area contributed by atoms with Crippen LogP contribution in [0.4, 0.5) is 10.2 Å². The van der Waals surface area contributed by atoms with E-state index in [-0.39, 0.29) is 27.9 Å². The lowest BCUT2D eigenvalue weighted by Gasteiger charge is -2.24. The van der Waals surface area contributed by atoms with Crippen molar-refractivity contribution in [1.82, 2.24) is 4.98 Å². The molecule has 1 atom stereocenters. The molecule has 1 aliphatic heterocycles. The number of aromatic nitrogens is 1. The average Bonchev–Trinajstić information content (AvgIpc) is 3.01. The number of carbonyl (C=O) groups excluding carboxylic acids is 1. The third-order valence-electron chi connectivity index (χ3n) is 5.15. The van der Waals surface area contributed by atoms with Gasteiger partial charge in [-0.1, -0.05) is 35.9 Å². The molecule has 1 aliphatic rings. The Hall–Kier alpha value is -3.51. The first-order valence-corrected chi connectivity index (χ1v) is 9.61. The number of nitrogens with zero attached hydrogens (tertiary/aromatic N) is 2. The van der Waals surface area contributed by atoms with Crippen LogP contribution in [0.25, 0.3) is 11.0 Å². The van der Waals surface area contributed by atoms with Gasteiger partial charge in [-0.25, -0.2) is 9.37 Å². The second kappa shape index (κ2) is 6.78. The monoisotopic (exact) mass is 420 g/mol. The molecule has 5 nitrogen and oxygen atoms in total. The van der Waals surface area contributed by atoms with Crippen LogP contribution in [0.1, 0.15) is 33.4 Å². The molecular formula is C23H14ClFN2O3. The van der Waals surface area contributed by atoms with Gasteiger partial charge in [0.05, 0.1) is 17.0 Å². The van der Waals surface area contributed by atoms with E-state index < -0.39 is 23.2 Å². The quantitative estimate of drug-likeness (QED) is 0.456. The number of hydrogen-bond donors (Lipinski definition) is 0. The van der Waals surface area contributed by atoms with E-state index in [4.69, 9.17) is 16.0 Å². The van der Waals surface area contributed by atoms with Crippen LogP contribution >= 0.6 is 11.6 Å². The van der Waals surface area contributed by atoms with Gasteiger partial charge in [0, 0.05) is 16.3 Å². The number of amides is 1. The van der Waals surface area contributed by atoms with Crippen LogP contribution in [-0.2, 0) is 0 Å². The Balaban J connectivity index is 1.86. The first-order valence-electron chi connectivity index (χ1n) is 9.23. The summed E-state index contributed by atoms with van der Waals surface area (Å²) in [5.41, 5.74) is 0.748. The Bertz CT molecular complexity index is 1400. The van der Waals surface area contributed by atoms with Crippen molar-refractivity contribution in [2.24, 2.45) is 0 Å². The van der Waals surface area contributed by atoms with Gasteiger partial charge >= 0.3 is 0 Å². The minimum atomic E-state index is -1.01. The Morgan fingerprint density at radius 3 is 2.63 bits per heavy atom. The molecule has 5 rings (SSSR count). The average molecular weight is 421 g/mol. The summed E-state index contributed by atoms with van der Waals surface area (Å²) in [6, 6.07) is 14.8. The third kappa shape index (κ3) is 2.72. The molecule has 0 bridgehead atoms. The molecule has 0 N–H and O–H groups in total. The molecule has 3 heterocycles. The van der Waals surface area contributed by atoms with E-state index >= 15 is 0 Å². The standard InChI is InChI=1S/C23H14ClFN2O3/c1-12-5-4-8-18(26-12)27-20(14-6-2-3-7-16(14)25)19-21(28)15-11-13(24)9-10-17(15)30-22(19)23(27)29/h2-11,20H,1H3/t20-/m1/s1. The largest absolute Gasteiger partial charge is 0.450 e. The lowest BCUT2D eigenvalue weighted by Crippen LogP contribution is -2.31. The van der Waals surface area contributed by atoms with Crippen LogP contribution in [-0.4, -0.2) is 10.9 Å². The highest BCUT2D eigenvalue weighted by atomic mass is 35.5. The maximum atomic E-state index is 14.8. The number of pyridine rings is 1. The fourth-order valence-electron chi connectivity index (χ4n) is 3.84. The van der Waals surface area contributed by atoms with Gasteiger partial charge in [-0.2, -0.15) is 0 Å². The van der Waals surface area contributed by atoms with Gasteiger partial charge in [-0.15, -0.1) is 0 Å². The van der Waals surface area contributed by atoms with E-state index in [0.29, 0.717) is 16.5 Å². The van der Waals surface area contributed by atoms with Crippen molar-refractivity contribution in [1.29, 1.82) is 0 Å². The zero-order valence-electron chi connectivity index (χ0n) is 15.7. The van der Waals surface area contributed by atoms with Crippen LogP contribution in [0, 0.1) is 12.7 Å². The molecule has 0 saturated carbocycles. The van der Waals surface area contributed by atoms with Crippen molar-refractivity contribution in [2.45, 2.75) is 13.0 Å². The first kappa shape index (κ1) is 18.5. The second-order valence-corrected chi connectivity index (χ2v) is 7.49. The van der Waals surface area contributed by atoms with E-state index in [9.17, 15) is 14.0 Å². The Morgan fingerprint density at radius 1 is 1.07 bits per heavy atom. The van der Waals surface area contributed by atoms with E-state index in [1.165, 1.54) is 23.1 Å². The van der Waals surface area contributed by atoms with E-state index in [0.717, 1.165) is 0 Å². The molecule has 0 spiro atoms. The van der Waals surface area contributed by atoms with Crippen molar-refractivity contribution in [3.05, 3.63) is 104 Å². The summed E-state index contributed by atoms with van der Waals surface area (Å²) in [7, 11) is 0. The summed E-state index contributed by atoms with van der Waals surface area (Å²) in [6.45, 7) is 1.79. The fourth-order valence-corrected chi connectivity index (χ4v) is 4.01. The van der Waals surface area contributed by atoms with Crippen LogP contribution in [0.3, 0.4) is 0 Å². The summed E-state index contributed by atoms with van der Waals surface area (Å²) >= 11 is 6.06. The van der Waals surface area contributed by atoms with E-state index in [1.54, 1.807) is 49.4 Å². The molecule has 2 aromatic heterocycles. The van der Waals surface area contributed by atoms with Gasteiger partial charge in [-0.3, -0.25) is 14.5 Å². The van der Waals surface area contributed by atoms with Crippen LogP contribution in [0.5, 0.6) is 0 Å². The third-order valence-corrected chi connectivity index (χ3v) is 5.39. The minimum Gasteiger partial charge on any atom is -0.450 e. The molecule has 4 aromatic rings. The highest BCUT2D eigenvalue weighted by Gasteiger charge is 2.45. The highest BCUT2D eigenvalue weighted by molar-refractivity contribution is 6.31. The zero-order chi connectivity index (χ0) is 21.0. The van der Waals surface area contributed by atoms with Crippen LogP contribution < -0.4 is 10.3 Å². The number of hydrogen-bond acceptors (Lipinski definition) is 4. The predicted octanol–water partition coefficient (Wildman–Crippen LogP) is 5.04. The molecule has 1 amide bonds. The summed E-state index contributed by atoms with van der Waals surface area (Å²) in [5.74, 6) is -0.899. The number of rotatable bonds is 2. The van der Waals surface area contributed by atoms with Gasteiger partial charge in [-0.05, 0) is 43.3 Å². The Kier molecular flexibility index (Phi) is 4.18. The minimum absolute atomic E-state index is 0.0724. The van der Waals surface area contributed by atoms with Gasteiger partial charge < -0.3 is 4.42 Å². The van der Waals surface area contributed by atoms with Crippen molar-refractivity contribution in [2.75, 3.05) is 4.90 Å². The molecule has 7 heteroatoms. The molecule has 0 aliphatic carbocycles. The molecule has 0 fully saturated rings. The van der Waals surface area contributed by atoms with Crippen molar-refractivity contribution in [3.63, 3.8) is 0 Å². The highest BCUT2D eigenvalue weighted by Crippen LogP contribution is 2.41. The number of halogens is 2. The molecule has 30 heavy (non-hydrogen) atoms. The topological polar surface area (TPSA) is 63.4 Å². The van der Waals surface area contributed by atoms with Crippen molar-refractivity contribution >= 4 is 34.3 Å². The summed E-state index contributed by atoms with van der Waals surface area (Å²) < 4.78 is 20.7. The number of anilines is 1. The first-order chi connectivity index (χ1) is 14.5. The van der Waals surface area contributed by atoms with Gasteiger partial charge in [0.15, 0.2) is 5.43 Å². The van der Waals surface area contributed by atoms with Gasteiger partial charge in [0.25, 0.3) is 5.91 Å². The smallest absolute Gasteiger partial charge is 0.296 e. The van der Waals surface area contributed by atoms with Crippen molar-refractivity contribution < 1.29 is 13.6 Å². The van der Waals surface area contributed by atoms with Crippen LogP contribution in [0.15, 0.2) is 69.9 Å². The molecule has 148 valence electrons. The van der Waals surface area contributed by atoms with Crippen LogP contribution in [0.2, 0.25) is 5.02 Å². The molecule has 2 aromatic carbocycles. The number of aryl methyl sites for hydroxylation is 1. The lowest BCUT2D eigenvalue weighted by atomic mass is 9.98. The maximum absolute atomic E-state index is 14.8. The normalized spacial score (nSPS) is 15.6. The Morgan fingerprint density at radius 2 is 1.87 bits per heavy atom. The molecule has 0 radical (unpaired) electrons. The van der Waals surface area contributed by atoms with E-state index in [1.807, 2.05) is 0 Å². The summed E-state index contributed by atoms with van der Waals surface area (Å²) in [6.07, 6.45) is 0. The lowest BCUT2D eigenvalue weighted by molar-refractivity contribution is 0.0970. The number of benzene rings is 2. The Labute approximate surface area is 175 Å². The summed E-state index contributed by atoms with van der Waals surface area (Å²) in [5, 5.41) is 0.591. The molecular weight excluding hydrogens is 407 g/mol. The fraction of sp³-hybridized carbons (Fsp3) is 0.0870. The maximum Gasteiger partial charge on any atom is 0.296 e. The number of carbonyl (C=O) groups is 1. The predicted molar refractivity (Wildman–Crippen MR) is 112 cm³/mol. The summed E-state index contributed by atoms with van der Waals surface area (Å²) in [4.78, 5) is 32.5. The van der Waals surface area contributed by atoms with Gasteiger partial charge in [0.2, 0.25) is 5.76 Å². The number of fused-ring (bicyclic) bond motifs is 2. The van der Waals surface area contributed by atoms with Crippen molar-refractivity contribution in [3.8, 4) is 0 Å². The zero-order valence-corrected chi connectivity index (χ0v) is 16.5.